The van der Waals surface area contributed by atoms with Crippen molar-refractivity contribution < 1.29 is 27.7 Å². The van der Waals surface area contributed by atoms with Gasteiger partial charge >= 0.3 is 0 Å². The van der Waals surface area contributed by atoms with Gasteiger partial charge in [0, 0.05) is 57.9 Å². The SMILES string of the molecule is Cc1cc(OCCCC2=C(C(=O)Nc3cccc(C(=O)NS(=O)(=O)c4ccc([N+](=O)[O-])cc4)c3)Cc3c2cccc3-c2cccnc2C)cc(C)c1Cl. The molecule has 1 aliphatic rings. The molecule has 0 atom stereocenters. The molecule has 0 saturated carbocycles. The number of anilines is 1. The summed E-state index contributed by atoms with van der Waals surface area (Å²) < 4.78 is 33.8. The van der Waals surface area contributed by atoms with E-state index in [9.17, 15) is 28.1 Å². The maximum Gasteiger partial charge on any atom is 0.269 e. The van der Waals surface area contributed by atoms with Crippen molar-refractivity contribution in [3.05, 3.63) is 151 Å². The zero-order valence-corrected chi connectivity index (χ0v) is 30.7. The number of nitro groups is 1. The van der Waals surface area contributed by atoms with Crippen molar-refractivity contribution in [2.75, 3.05) is 11.9 Å². The summed E-state index contributed by atoms with van der Waals surface area (Å²) in [6.07, 6.45) is 3.29. The molecule has 1 heterocycles. The lowest BCUT2D eigenvalue weighted by Gasteiger charge is -2.13. The smallest absolute Gasteiger partial charge is 0.269 e. The predicted molar refractivity (Wildman–Crippen MR) is 204 cm³/mol. The van der Waals surface area contributed by atoms with Gasteiger partial charge in [-0.05, 0) is 116 Å². The summed E-state index contributed by atoms with van der Waals surface area (Å²) in [5.74, 6) is -0.567. The van der Waals surface area contributed by atoms with Gasteiger partial charge in [-0.25, -0.2) is 13.1 Å². The molecule has 13 heteroatoms. The van der Waals surface area contributed by atoms with E-state index in [2.05, 4.69) is 10.3 Å². The number of fused-ring (bicyclic) bond motifs is 1. The third-order valence-electron chi connectivity index (χ3n) is 9.01. The molecule has 0 unspecified atom stereocenters. The number of allylic oxidation sites excluding steroid dienone is 1. The van der Waals surface area contributed by atoms with Crippen molar-refractivity contribution in [3.63, 3.8) is 0 Å². The van der Waals surface area contributed by atoms with E-state index in [1.54, 1.807) is 12.3 Å². The number of nitrogens with zero attached hydrogens (tertiary/aromatic N) is 2. The number of nitrogens with one attached hydrogen (secondary N) is 2. The van der Waals surface area contributed by atoms with Gasteiger partial charge < -0.3 is 10.1 Å². The van der Waals surface area contributed by atoms with Gasteiger partial charge in [0.15, 0.2) is 0 Å². The summed E-state index contributed by atoms with van der Waals surface area (Å²) in [5.41, 5.74) is 8.12. The van der Waals surface area contributed by atoms with E-state index < -0.39 is 20.9 Å². The van der Waals surface area contributed by atoms with Crippen LogP contribution in [-0.4, -0.2) is 36.7 Å². The number of sulfonamides is 1. The summed E-state index contributed by atoms with van der Waals surface area (Å²) in [6, 6.07) is 23.8. The number of amides is 2. The predicted octanol–water partition coefficient (Wildman–Crippen LogP) is 8.16. The van der Waals surface area contributed by atoms with Gasteiger partial charge in [-0.15, -0.1) is 0 Å². The second-order valence-corrected chi connectivity index (χ2v) is 14.7. The first kappa shape index (κ1) is 36.9. The van der Waals surface area contributed by atoms with Crippen LogP contribution in [0.5, 0.6) is 5.75 Å². The van der Waals surface area contributed by atoms with Crippen LogP contribution in [-0.2, 0) is 21.2 Å². The molecule has 270 valence electrons. The number of hydrogen-bond donors (Lipinski definition) is 2. The molecule has 2 N–H and O–H groups in total. The second-order valence-electron chi connectivity index (χ2n) is 12.6. The van der Waals surface area contributed by atoms with Gasteiger partial charge in [0.25, 0.3) is 27.5 Å². The molecular formula is C40H35ClN4O7S. The Balaban J connectivity index is 1.23. The minimum atomic E-state index is -4.34. The van der Waals surface area contributed by atoms with Crippen LogP contribution in [0.4, 0.5) is 11.4 Å². The van der Waals surface area contributed by atoms with E-state index in [4.69, 9.17) is 16.3 Å². The summed E-state index contributed by atoms with van der Waals surface area (Å²) in [7, 11) is -4.34. The number of benzene rings is 4. The maximum atomic E-state index is 14.1. The number of non-ortho nitro benzene ring substituents is 1. The third kappa shape index (κ3) is 8.14. The van der Waals surface area contributed by atoms with Gasteiger partial charge in [0.05, 0.1) is 16.4 Å². The lowest BCUT2D eigenvalue weighted by atomic mass is 9.93. The zero-order valence-electron chi connectivity index (χ0n) is 29.1. The fourth-order valence-electron chi connectivity index (χ4n) is 6.39. The number of aryl methyl sites for hydroxylation is 3. The largest absolute Gasteiger partial charge is 0.494 e. The first-order chi connectivity index (χ1) is 25.3. The Morgan fingerprint density at radius 1 is 0.887 bits per heavy atom. The Morgan fingerprint density at radius 3 is 2.26 bits per heavy atom. The van der Waals surface area contributed by atoms with Crippen LogP contribution >= 0.6 is 11.6 Å². The Bertz CT molecular complexity index is 2390. The summed E-state index contributed by atoms with van der Waals surface area (Å²) in [4.78, 5) is 41.6. The number of ether oxygens (including phenoxy) is 1. The van der Waals surface area contributed by atoms with E-state index >= 15 is 0 Å². The van der Waals surface area contributed by atoms with Gasteiger partial charge in [0.2, 0.25) is 0 Å². The Hall–Kier alpha value is -5.85. The molecule has 0 spiro atoms. The first-order valence-electron chi connectivity index (χ1n) is 16.7. The van der Waals surface area contributed by atoms with Crippen LogP contribution in [0.25, 0.3) is 16.7 Å². The molecular weight excluding hydrogens is 716 g/mol. The molecule has 0 aliphatic heterocycles. The highest BCUT2D eigenvalue weighted by atomic mass is 35.5. The first-order valence-corrected chi connectivity index (χ1v) is 18.6. The van der Waals surface area contributed by atoms with E-state index in [1.165, 1.54) is 18.2 Å². The molecule has 2 amide bonds. The maximum absolute atomic E-state index is 14.1. The Labute approximate surface area is 311 Å². The van der Waals surface area contributed by atoms with Crippen LogP contribution in [0, 0.1) is 30.9 Å². The molecule has 5 aromatic rings. The second kappa shape index (κ2) is 15.4. The van der Waals surface area contributed by atoms with Crippen molar-refractivity contribution >= 4 is 50.4 Å². The minimum Gasteiger partial charge on any atom is -0.494 e. The monoisotopic (exact) mass is 750 g/mol. The average Bonchev–Trinajstić information content (AvgIpc) is 3.51. The number of carbonyl (C=O) groups is 2. The molecule has 0 bridgehead atoms. The summed E-state index contributed by atoms with van der Waals surface area (Å²) in [6.45, 7) is 6.22. The van der Waals surface area contributed by atoms with E-state index in [-0.39, 0.29) is 22.1 Å². The van der Waals surface area contributed by atoms with Crippen LogP contribution in [0.15, 0.2) is 108 Å². The summed E-state index contributed by atoms with van der Waals surface area (Å²) in [5, 5.41) is 14.6. The van der Waals surface area contributed by atoms with Crippen molar-refractivity contribution in [1.29, 1.82) is 0 Å². The van der Waals surface area contributed by atoms with Gasteiger partial charge in [0.1, 0.15) is 5.75 Å². The number of hydrogen-bond acceptors (Lipinski definition) is 8. The van der Waals surface area contributed by atoms with Gasteiger partial charge in [-0.2, -0.15) is 0 Å². The number of rotatable bonds is 12. The van der Waals surface area contributed by atoms with Crippen molar-refractivity contribution in [3.8, 4) is 16.9 Å². The van der Waals surface area contributed by atoms with E-state index in [1.807, 2.05) is 68.0 Å². The van der Waals surface area contributed by atoms with Crippen molar-refractivity contribution in [2.24, 2.45) is 0 Å². The highest BCUT2D eigenvalue weighted by molar-refractivity contribution is 7.90. The standard InChI is InChI=1S/C40H35ClN4O7S/c1-24-20-30(21-25(2)38(24)41)52-19-7-13-35-34-11-5-10-33(32-12-6-18-42-26(32)3)36(34)23-37(35)40(47)43-28-9-4-8-27(22-28)39(46)44-53(50,51)31-16-14-29(15-17-31)45(48)49/h4-6,8-12,14-18,20-22H,7,13,19,23H2,1-3H3,(H,43,47)(H,44,46). The average molecular weight is 751 g/mol. The minimum absolute atomic E-state index is 0.0173. The number of halogens is 1. The highest BCUT2D eigenvalue weighted by Crippen LogP contribution is 2.42. The highest BCUT2D eigenvalue weighted by Gasteiger charge is 2.29. The van der Waals surface area contributed by atoms with Crippen LogP contribution in [0.3, 0.4) is 0 Å². The molecule has 6 rings (SSSR count). The van der Waals surface area contributed by atoms with Crippen LogP contribution in [0.2, 0.25) is 5.02 Å². The van der Waals surface area contributed by atoms with Gasteiger partial charge in [-0.1, -0.05) is 41.9 Å². The molecule has 53 heavy (non-hydrogen) atoms. The van der Waals surface area contributed by atoms with E-state index in [0.29, 0.717) is 42.2 Å². The number of carbonyl (C=O) groups excluding carboxylic acids is 2. The molecule has 1 aromatic heterocycles. The van der Waals surface area contributed by atoms with Gasteiger partial charge in [-0.3, -0.25) is 24.7 Å². The molecule has 4 aromatic carbocycles. The number of nitro benzene ring substituents is 1. The van der Waals surface area contributed by atoms with Crippen molar-refractivity contribution in [1.82, 2.24) is 9.71 Å². The van der Waals surface area contributed by atoms with E-state index in [0.717, 1.165) is 74.7 Å². The molecule has 0 saturated heterocycles. The zero-order chi connectivity index (χ0) is 37.9. The number of aromatic nitrogens is 1. The lowest BCUT2D eigenvalue weighted by Crippen LogP contribution is -2.30. The Morgan fingerprint density at radius 2 is 1.57 bits per heavy atom. The number of pyridine rings is 1. The fraction of sp³-hybridized carbons (Fsp3) is 0.175. The molecule has 0 fully saturated rings. The van der Waals surface area contributed by atoms with Crippen molar-refractivity contribution in [2.45, 2.75) is 44.9 Å². The fourth-order valence-corrected chi connectivity index (χ4v) is 7.47. The van der Waals surface area contributed by atoms with Crippen LogP contribution < -0.4 is 14.8 Å². The summed E-state index contributed by atoms with van der Waals surface area (Å²) >= 11 is 6.34. The Kier molecular flexibility index (Phi) is 10.7. The normalized spacial score (nSPS) is 12.3. The third-order valence-corrected chi connectivity index (χ3v) is 11.0. The van der Waals surface area contributed by atoms with Crippen LogP contribution in [0.1, 0.15) is 51.1 Å². The quantitative estimate of drug-likeness (QED) is 0.0735. The molecule has 0 radical (unpaired) electrons. The molecule has 11 nitrogen and oxygen atoms in total. The topological polar surface area (TPSA) is 158 Å². The molecule has 1 aliphatic carbocycles. The lowest BCUT2D eigenvalue weighted by molar-refractivity contribution is -0.384.